The second-order valence-corrected chi connectivity index (χ2v) is 13.4. The normalized spacial score (nSPS) is 17.9. The van der Waals surface area contributed by atoms with E-state index in [0.717, 1.165) is 5.56 Å². The maximum Gasteiger partial charge on any atom is 0.451 e. The lowest BCUT2D eigenvalue weighted by atomic mass is 9.91. The van der Waals surface area contributed by atoms with Gasteiger partial charge in [0.2, 0.25) is 17.6 Å². The summed E-state index contributed by atoms with van der Waals surface area (Å²) < 4.78 is 71.9. The molecule has 0 radical (unpaired) electrons. The summed E-state index contributed by atoms with van der Waals surface area (Å²) in [4.78, 5) is 35.9. The maximum absolute atomic E-state index is 13.9. The smallest absolute Gasteiger partial charge is 0.356 e. The third-order valence-corrected chi connectivity index (χ3v) is 9.30. The summed E-state index contributed by atoms with van der Waals surface area (Å²) in [7, 11) is -4.29. The number of carbonyl (C=O) groups excluding carboxylic acids is 2. The van der Waals surface area contributed by atoms with E-state index in [1.165, 1.54) is 6.07 Å². The van der Waals surface area contributed by atoms with Gasteiger partial charge in [0.1, 0.15) is 23.6 Å². The molecule has 1 aromatic carbocycles. The fourth-order valence-electron chi connectivity index (χ4n) is 5.61. The molecular formula is C28H35Cl2F3N6O5S. The van der Waals surface area contributed by atoms with Crippen LogP contribution in [-0.2, 0) is 32.3 Å². The number of benzene rings is 1. The number of nitrogens with zero attached hydrogens (tertiary/aromatic N) is 4. The number of nitrogens with one attached hydrogen (secondary N) is 2. The van der Waals surface area contributed by atoms with Gasteiger partial charge >= 0.3 is 6.18 Å². The average molecular weight is 696 g/mol. The molecule has 1 aromatic heterocycles. The zero-order valence-electron chi connectivity index (χ0n) is 24.3. The number of halogens is 5. The highest BCUT2D eigenvalue weighted by Gasteiger charge is 2.39. The number of carbonyl (C=O) groups is 2. The molecule has 2 saturated heterocycles. The molecule has 0 unspecified atom stereocenters. The molecule has 2 aliphatic rings. The van der Waals surface area contributed by atoms with E-state index in [1.807, 2.05) is 6.07 Å². The van der Waals surface area contributed by atoms with Crippen molar-refractivity contribution in [1.29, 1.82) is 0 Å². The third-order valence-electron chi connectivity index (χ3n) is 7.93. The van der Waals surface area contributed by atoms with Crippen molar-refractivity contribution >= 4 is 56.8 Å². The van der Waals surface area contributed by atoms with E-state index in [0.29, 0.717) is 74.6 Å². The molecule has 45 heavy (non-hydrogen) atoms. The Morgan fingerprint density at radius 3 is 2.44 bits per heavy atom. The first-order chi connectivity index (χ1) is 21.2. The van der Waals surface area contributed by atoms with Crippen LogP contribution in [0.2, 0.25) is 10.0 Å². The van der Waals surface area contributed by atoms with Crippen molar-refractivity contribution < 1.29 is 35.7 Å². The van der Waals surface area contributed by atoms with Crippen molar-refractivity contribution in [3.8, 4) is 0 Å². The Balaban J connectivity index is 1.36. The van der Waals surface area contributed by atoms with Crippen molar-refractivity contribution in [3.63, 3.8) is 0 Å². The van der Waals surface area contributed by atoms with Crippen LogP contribution in [0.15, 0.2) is 24.3 Å². The standard InChI is InChI=1S/C28H35Cl2F3N6O5S/c29-20-6-2-5-19(25(20)30)9-12-34-26(41)21-7-3-13-39(21)23-16-22(36-27(37-23)28(31,32)33)38-14-10-18(11-15-38)4-1-8-24(40)35-17-45(42,43)44/h2,5-6,16,18,21H,1,3-4,7-15,17H2,(H,34,41)(H,35,40)(H,42,43,44)/t21-/m0/s1. The largest absolute Gasteiger partial charge is 0.451 e. The molecule has 0 aliphatic carbocycles. The molecule has 2 amide bonds. The fourth-order valence-corrected chi connectivity index (χ4v) is 6.37. The van der Waals surface area contributed by atoms with Crippen LogP contribution in [0.1, 0.15) is 56.3 Å². The molecule has 2 aromatic rings. The van der Waals surface area contributed by atoms with Crippen LogP contribution >= 0.6 is 23.2 Å². The van der Waals surface area contributed by atoms with Crippen LogP contribution in [-0.4, -0.2) is 72.9 Å². The van der Waals surface area contributed by atoms with Crippen molar-refractivity contribution in [2.75, 3.05) is 41.9 Å². The lowest BCUT2D eigenvalue weighted by Crippen LogP contribution is -2.44. The molecule has 2 fully saturated rings. The number of piperidine rings is 1. The van der Waals surface area contributed by atoms with Crippen molar-refractivity contribution in [3.05, 3.63) is 45.7 Å². The monoisotopic (exact) mass is 694 g/mol. The predicted octanol–water partition coefficient (Wildman–Crippen LogP) is 4.48. The van der Waals surface area contributed by atoms with E-state index >= 15 is 0 Å². The summed E-state index contributed by atoms with van der Waals surface area (Å²) >= 11 is 12.3. The Kier molecular flexibility index (Phi) is 11.8. The van der Waals surface area contributed by atoms with Gasteiger partial charge in [-0.05, 0) is 62.5 Å². The molecule has 2 aliphatic heterocycles. The zero-order chi connectivity index (χ0) is 32.8. The van der Waals surface area contributed by atoms with Crippen LogP contribution < -0.4 is 20.4 Å². The Morgan fingerprint density at radius 2 is 1.76 bits per heavy atom. The molecule has 1 atom stereocenters. The Labute approximate surface area is 269 Å². The van der Waals surface area contributed by atoms with Crippen LogP contribution in [0.5, 0.6) is 0 Å². The van der Waals surface area contributed by atoms with Gasteiger partial charge in [0.15, 0.2) is 0 Å². The highest BCUT2D eigenvalue weighted by atomic mass is 35.5. The number of aromatic nitrogens is 2. The highest BCUT2D eigenvalue weighted by molar-refractivity contribution is 7.85. The summed E-state index contributed by atoms with van der Waals surface area (Å²) in [5.41, 5.74) is 0.771. The van der Waals surface area contributed by atoms with Crippen LogP contribution in [0.4, 0.5) is 24.8 Å². The maximum atomic E-state index is 13.9. The van der Waals surface area contributed by atoms with E-state index in [4.69, 9.17) is 27.8 Å². The number of alkyl halides is 3. The number of rotatable bonds is 12. The average Bonchev–Trinajstić information content (AvgIpc) is 3.48. The Bertz CT molecular complexity index is 1480. The third kappa shape index (κ3) is 10.1. The van der Waals surface area contributed by atoms with E-state index < -0.39 is 39.9 Å². The molecule has 3 heterocycles. The number of amides is 2. The summed E-state index contributed by atoms with van der Waals surface area (Å²) in [6, 6.07) is 6.05. The Hall–Kier alpha value is -2.88. The lowest BCUT2D eigenvalue weighted by molar-refractivity contribution is -0.144. The van der Waals surface area contributed by atoms with Crippen molar-refractivity contribution in [2.45, 2.75) is 63.6 Å². The van der Waals surface area contributed by atoms with Crippen LogP contribution in [0.3, 0.4) is 0 Å². The number of anilines is 2. The molecule has 4 rings (SSSR count). The summed E-state index contributed by atoms with van der Waals surface area (Å²) in [5.74, 6) is -2.50. The van der Waals surface area contributed by atoms with Gasteiger partial charge in [-0.3, -0.25) is 14.1 Å². The quantitative estimate of drug-likeness (QED) is 0.274. The van der Waals surface area contributed by atoms with Gasteiger partial charge in [-0.1, -0.05) is 35.3 Å². The molecule has 11 nitrogen and oxygen atoms in total. The first-order valence-electron chi connectivity index (χ1n) is 14.6. The second kappa shape index (κ2) is 15.1. The van der Waals surface area contributed by atoms with Gasteiger partial charge in [-0.15, -0.1) is 0 Å². The van der Waals surface area contributed by atoms with Gasteiger partial charge in [0.05, 0.1) is 10.0 Å². The summed E-state index contributed by atoms with van der Waals surface area (Å²) in [6.07, 6.45) is -0.664. The topological polar surface area (TPSA) is 145 Å². The minimum Gasteiger partial charge on any atom is -0.356 e. The van der Waals surface area contributed by atoms with Crippen LogP contribution in [0, 0.1) is 5.92 Å². The molecule has 3 N–H and O–H groups in total. The number of hydrogen-bond donors (Lipinski definition) is 3. The highest BCUT2D eigenvalue weighted by Crippen LogP contribution is 2.34. The lowest BCUT2D eigenvalue weighted by Gasteiger charge is -2.34. The molecule has 17 heteroatoms. The molecule has 0 spiro atoms. The fraction of sp³-hybridized carbons (Fsp3) is 0.571. The van der Waals surface area contributed by atoms with Gasteiger partial charge in [-0.25, -0.2) is 9.97 Å². The van der Waals surface area contributed by atoms with Gasteiger partial charge in [-0.2, -0.15) is 21.6 Å². The predicted molar refractivity (Wildman–Crippen MR) is 164 cm³/mol. The Morgan fingerprint density at radius 1 is 1.04 bits per heavy atom. The van der Waals surface area contributed by atoms with Gasteiger partial charge < -0.3 is 20.4 Å². The van der Waals surface area contributed by atoms with Crippen molar-refractivity contribution in [1.82, 2.24) is 20.6 Å². The minimum atomic E-state index is -4.79. The molecule has 0 saturated carbocycles. The SMILES string of the molecule is O=C(CCCC1CCN(c2cc(N3CCC[C@H]3C(=O)NCCc3cccc(Cl)c3Cl)nc(C(F)(F)F)n2)CC1)NCS(=O)(=O)O. The van der Waals surface area contributed by atoms with Crippen LogP contribution in [0.25, 0.3) is 0 Å². The van der Waals surface area contributed by atoms with E-state index in [1.54, 1.807) is 21.9 Å². The zero-order valence-corrected chi connectivity index (χ0v) is 26.7. The molecule has 0 bridgehead atoms. The van der Waals surface area contributed by atoms with Crippen molar-refractivity contribution in [2.24, 2.45) is 5.92 Å². The molecule has 248 valence electrons. The molecular weight excluding hydrogens is 660 g/mol. The number of hydrogen-bond acceptors (Lipinski definition) is 8. The summed E-state index contributed by atoms with van der Waals surface area (Å²) in [5, 5.41) is 5.82. The van der Waals surface area contributed by atoms with E-state index in [-0.39, 0.29) is 36.4 Å². The van der Waals surface area contributed by atoms with E-state index in [2.05, 4.69) is 20.6 Å². The van der Waals surface area contributed by atoms with Gasteiger partial charge in [0, 0.05) is 38.7 Å². The van der Waals surface area contributed by atoms with E-state index in [9.17, 15) is 31.2 Å². The second-order valence-electron chi connectivity index (χ2n) is 11.2. The summed E-state index contributed by atoms with van der Waals surface area (Å²) in [6.45, 7) is 1.54. The van der Waals surface area contributed by atoms with Gasteiger partial charge in [0.25, 0.3) is 10.1 Å². The first kappa shape index (κ1) is 35.0. The minimum absolute atomic E-state index is 0.0425. The first-order valence-corrected chi connectivity index (χ1v) is 17.0.